The van der Waals surface area contributed by atoms with Crippen LogP contribution < -0.4 is 0 Å². The third kappa shape index (κ3) is 3.16. The summed E-state index contributed by atoms with van der Waals surface area (Å²) in [7, 11) is 0. The van der Waals surface area contributed by atoms with Crippen molar-refractivity contribution < 1.29 is 23.5 Å². The summed E-state index contributed by atoms with van der Waals surface area (Å²) >= 11 is 0. The van der Waals surface area contributed by atoms with Crippen LogP contribution in [0, 0.1) is 11.7 Å². The van der Waals surface area contributed by atoms with Crippen molar-refractivity contribution in [2.24, 2.45) is 5.92 Å². The average molecular weight is 345 g/mol. The normalized spacial score (nSPS) is 20.0. The minimum absolute atomic E-state index is 0.000497. The zero-order valence-corrected chi connectivity index (χ0v) is 14.2. The number of aromatic carboxylic acids is 1. The van der Waals surface area contributed by atoms with Crippen LogP contribution in [0.3, 0.4) is 0 Å². The second kappa shape index (κ2) is 6.70. The maximum absolute atomic E-state index is 14.2. The van der Waals surface area contributed by atoms with Gasteiger partial charge in [-0.25, -0.2) is 9.18 Å². The number of hydrogen-bond donors (Lipinski definition) is 1. The fraction of sp³-hybridized carbons (Fsp3) is 0.368. The number of likely N-dealkylation sites (tertiary alicyclic amines) is 1. The lowest BCUT2D eigenvalue weighted by Crippen LogP contribution is -2.31. The lowest BCUT2D eigenvalue weighted by Gasteiger charge is -2.24. The molecule has 1 fully saturated rings. The lowest BCUT2D eigenvalue weighted by molar-refractivity contribution is 0.0684. The molecule has 3 rings (SSSR count). The Morgan fingerprint density at radius 1 is 1.36 bits per heavy atom. The van der Waals surface area contributed by atoms with Crippen LogP contribution in [0.1, 0.15) is 58.5 Å². The Hall–Kier alpha value is -2.63. The average Bonchev–Trinajstić information content (AvgIpc) is 3.18. The highest BCUT2D eigenvalue weighted by atomic mass is 19.1. The monoisotopic (exact) mass is 345 g/mol. The molecule has 1 aliphatic rings. The van der Waals surface area contributed by atoms with E-state index in [1.54, 1.807) is 30.0 Å². The van der Waals surface area contributed by atoms with Crippen molar-refractivity contribution in [1.82, 2.24) is 4.90 Å². The first-order valence-corrected chi connectivity index (χ1v) is 8.33. The number of carbonyl (C=O) groups is 2. The van der Waals surface area contributed by atoms with Gasteiger partial charge >= 0.3 is 5.97 Å². The number of halogens is 1. The number of amides is 1. The van der Waals surface area contributed by atoms with Crippen molar-refractivity contribution in [3.63, 3.8) is 0 Å². The van der Waals surface area contributed by atoms with E-state index in [1.165, 1.54) is 12.1 Å². The molecule has 1 aromatic carbocycles. The predicted molar refractivity (Wildman–Crippen MR) is 89.0 cm³/mol. The van der Waals surface area contributed by atoms with Crippen molar-refractivity contribution in [1.29, 1.82) is 0 Å². The summed E-state index contributed by atoms with van der Waals surface area (Å²) in [5.74, 6) is -1.40. The largest absolute Gasteiger partial charge is 0.478 e. The van der Waals surface area contributed by atoms with E-state index < -0.39 is 11.9 Å². The molecule has 1 aromatic heterocycles. The van der Waals surface area contributed by atoms with Gasteiger partial charge in [0.25, 0.3) is 5.91 Å². The van der Waals surface area contributed by atoms with Gasteiger partial charge in [0.15, 0.2) is 5.76 Å². The van der Waals surface area contributed by atoms with Crippen LogP contribution in [0.25, 0.3) is 0 Å². The molecule has 2 atom stereocenters. The van der Waals surface area contributed by atoms with Gasteiger partial charge in [-0.3, -0.25) is 4.79 Å². The number of carbonyl (C=O) groups excluding carboxylic acids is 1. The highest BCUT2D eigenvalue weighted by molar-refractivity contribution is 5.96. The fourth-order valence-corrected chi connectivity index (χ4v) is 3.43. The molecule has 2 heterocycles. The number of furan rings is 1. The zero-order valence-electron chi connectivity index (χ0n) is 14.2. The minimum Gasteiger partial charge on any atom is -0.478 e. The maximum atomic E-state index is 14.2. The number of carboxylic acids is 1. The molecular formula is C19H20FNO4. The Labute approximate surface area is 145 Å². The summed E-state index contributed by atoms with van der Waals surface area (Å²) in [5, 5.41) is 9.23. The quantitative estimate of drug-likeness (QED) is 0.912. The molecule has 6 heteroatoms. The summed E-state index contributed by atoms with van der Waals surface area (Å²) < 4.78 is 19.7. The van der Waals surface area contributed by atoms with Crippen LogP contribution in [-0.2, 0) is 6.42 Å². The number of hydrogen-bond acceptors (Lipinski definition) is 3. The van der Waals surface area contributed by atoms with Gasteiger partial charge in [-0.2, -0.15) is 0 Å². The van der Waals surface area contributed by atoms with E-state index in [1.807, 2.05) is 6.92 Å². The van der Waals surface area contributed by atoms with Gasteiger partial charge in [-0.1, -0.05) is 32.0 Å². The molecule has 0 aliphatic carbocycles. The standard InChI is InChI=1S/C19H20FNO4/c1-3-16-13(19(23)24)9-17(25-16)18(22)21-10-11(2)8-15(21)12-6-4-5-7-14(12)20/h4-7,9,11,15H,3,8,10H2,1-2H3,(H,23,24). The number of carboxylic acid groups (broad SMARTS) is 1. The molecule has 0 radical (unpaired) electrons. The zero-order chi connectivity index (χ0) is 18.1. The molecule has 0 bridgehead atoms. The van der Waals surface area contributed by atoms with E-state index in [9.17, 15) is 19.1 Å². The first-order chi connectivity index (χ1) is 11.9. The maximum Gasteiger partial charge on any atom is 0.339 e. The summed E-state index contributed by atoms with van der Waals surface area (Å²) in [4.78, 5) is 25.8. The highest BCUT2D eigenvalue weighted by Crippen LogP contribution is 2.37. The lowest BCUT2D eigenvalue weighted by atomic mass is 10.0. The number of aryl methyl sites for hydroxylation is 1. The Morgan fingerprint density at radius 2 is 2.08 bits per heavy atom. The van der Waals surface area contributed by atoms with Crippen molar-refractivity contribution in [2.45, 2.75) is 32.7 Å². The predicted octanol–water partition coefficient (Wildman–Crippen LogP) is 3.90. The van der Waals surface area contributed by atoms with Crippen molar-refractivity contribution in [3.05, 3.63) is 58.8 Å². The summed E-state index contributed by atoms with van der Waals surface area (Å²) in [6.07, 6.45) is 1.03. The topological polar surface area (TPSA) is 70.8 Å². The smallest absolute Gasteiger partial charge is 0.339 e. The SMILES string of the molecule is CCc1oc(C(=O)N2CC(C)CC2c2ccccc2F)cc1C(=O)O. The van der Waals surface area contributed by atoms with Gasteiger partial charge in [-0.15, -0.1) is 0 Å². The third-order valence-corrected chi connectivity index (χ3v) is 4.61. The number of benzene rings is 1. The van der Waals surface area contributed by atoms with Crippen LogP contribution in [0.5, 0.6) is 0 Å². The van der Waals surface area contributed by atoms with Crippen molar-refractivity contribution >= 4 is 11.9 Å². The summed E-state index contributed by atoms with van der Waals surface area (Å²) in [5.41, 5.74) is 0.474. The molecule has 0 saturated carbocycles. The number of nitrogens with zero attached hydrogens (tertiary/aromatic N) is 1. The molecule has 0 spiro atoms. The highest BCUT2D eigenvalue weighted by Gasteiger charge is 2.37. The molecule has 1 aliphatic heterocycles. The first-order valence-electron chi connectivity index (χ1n) is 8.33. The molecule has 25 heavy (non-hydrogen) atoms. The van der Waals surface area contributed by atoms with Crippen LogP contribution in [0.4, 0.5) is 4.39 Å². The summed E-state index contributed by atoms with van der Waals surface area (Å²) in [6, 6.07) is 7.31. The molecule has 2 aromatic rings. The molecular weight excluding hydrogens is 325 g/mol. The first kappa shape index (κ1) is 17.2. The van der Waals surface area contributed by atoms with Crippen LogP contribution >= 0.6 is 0 Å². The second-order valence-electron chi connectivity index (χ2n) is 6.44. The van der Waals surface area contributed by atoms with Gasteiger partial charge in [0, 0.05) is 24.6 Å². The molecule has 2 unspecified atom stereocenters. The van der Waals surface area contributed by atoms with Crippen LogP contribution in [-0.4, -0.2) is 28.4 Å². The molecule has 5 nitrogen and oxygen atoms in total. The Balaban J connectivity index is 1.95. The van der Waals surface area contributed by atoms with Gasteiger partial charge in [-0.05, 0) is 18.4 Å². The van der Waals surface area contributed by atoms with E-state index in [0.29, 0.717) is 24.9 Å². The second-order valence-corrected chi connectivity index (χ2v) is 6.44. The van der Waals surface area contributed by atoms with E-state index in [0.717, 1.165) is 0 Å². The molecule has 132 valence electrons. The van der Waals surface area contributed by atoms with Gasteiger partial charge in [0.1, 0.15) is 17.1 Å². The molecule has 1 amide bonds. The summed E-state index contributed by atoms with van der Waals surface area (Å²) in [6.45, 7) is 4.24. The van der Waals surface area contributed by atoms with E-state index >= 15 is 0 Å². The Kier molecular flexibility index (Phi) is 4.61. The minimum atomic E-state index is -1.12. The van der Waals surface area contributed by atoms with Crippen molar-refractivity contribution in [2.75, 3.05) is 6.54 Å². The van der Waals surface area contributed by atoms with Gasteiger partial charge < -0.3 is 14.4 Å². The van der Waals surface area contributed by atoms with Crippen molar-refractivity contribution in [3.8, 4) is 0 Å². The Bertz CT molecular complexity index is 814. The van der Waals surface area contributed by atoms with E-state index in [-0.39, 0.29) is 34.9 Å². The van der Waals surface area contributed by atoms with E-state index in [2.05, 4.69) is 0 Å². The molecule has 1 saturated heterocycles. The van der Waals surface area contributed by atoms with Crippen LogP contribution in [0.2, 0.25) is 0 Å². The van der Waals surface area contributed by atoms with Gasteiger partial charge in [0.05, 0.1) is 6.04 Å². The Morgan fingerprint density at radius 3 is 2.68 bits per heavy atom. The van der Waals surface area contributed by atoms with Crippen LogP contribution in [0.15, 0.2) is 34.7 Å². The fourth-order valence-electron chi connectivity index (χ4n) is 3.43. The molecule has 1 N–H and O–H groups in total. The number of rotatable bonds is 4. The third-order valence-electron chi connectivity index (χ3n) is 4.61. The van der Waals surface area contributed by atoms with Gasteiger partial charge in [0.2, 0.25) is 0 Å². The van der Waals surface area contributed by atoms with E-state index in [4.69, 9.17) is 4.42 Å².